The largest absolute Gasteiger partial charge is 0.351 e. The average Bonchev–Trinajstić information content (AvgIpc) is 3.43. The lowest BCUT2D eigenvalue weighted by atomic mass is 10.1. The molecular formula is C18H18ClF2N3O2. The molecule has 0 unspecified atom stereocenters. The van der Waals surface area contributed by atoms with Crippen LogP contribution in [0.3, 0.4) is 0 Å². The van der Waals surface area contributed by atoms with Crippen LogP contribution in [0.15, 0.2) is 18.3 Å². The molecule has 8 heteroatoms. The average molecular weight is 382 g/mol. The second-order valence-corrected chi connectivity index (χ2v) is 6.67. The van der Waals surface area contributed by atoms with E-state index in [2.05, 4.69) is 15.8 Å². The molecule has 0 saturated heterocycles. The summed E-state index contributed by atoms with van der Waals surface area (Å²) in [7, 11) is 0. The summed E-state index contributed by atoms with van der Waals surface area (Å²) in [5.41, 5.74) is 3.47. The van der Waals surface area contributed by atoms with Crippen molar-refractivity contribution in [3.8, 4) is 0 Å². The minimum Gasteiger partial charge on any atom is -0.351 e. The highest BCUT2D eigenvalue weighted by Gasteiger charge is 2.23. The van der Waals surface area contributed by atoms with E-state index in [1.54, 1.807) is 13.8 Å². The van der Waals surface area contributed by atoms with E-state index in [-0.39, 0.29) is 11.3 Å². The zero-order valence-corrected chi connectivity index (χ0v) is 15.1. The third-order valence-electron chi connectivity index (χ3n) is 4.22. The van der Waals surface area contributed by atoms with E-state index in [0.29, 0.717) is 34.5 Å². The first-order chi connectivity index (χ1) is 12.4. The van der Waals surface area contributed by atoms with Gasteiger partial charge < -0.3 is 5.32 Å². The SMILES string of the molecule is Cc1ncc(Nc2c(C(=O)NOCC3CC3)ccc(F)c2F)c(C)c1Cl. The number of halogens is 3. The van der Waals surface area contributed by atoms with E-state index in [1.165, 1.54) is 12.3 Å². The van der Waals surface area contributed by atoms with E-state index in [4.69, 9.17) is 16.4 Å². The Morgan fingerprint density at radius 1 is 1.35 bits per heavy atom. The van der Waals surface area contributed by atoms with Crippen molar-refractivity contribution >= 4 is 28.9 Å². The Kier molecular flexibility index (Phi) is 5.38. The van der Waals surface area contributed by atoms with E-state index in [0.717, 1.165) is 18.9 Å². The van der Waals surface area contributed by atoms with Crippen molar-refractivity contribution in [1.82, 2.24) is 10.5 Å². The second kappa shape index (κ2) is 7.55. The normalized spacial score (nSPS) is 13.6. The molecule has 0 spiro atoms. The molecule has 5 nitrogen and oxygen atoms in total. The Labute approximate surface area is 154 Å². The minimum absolute atomic E-state index is 0.0872. The zero-order chi connectivity index (χ0) is 18.8. The van der Waals surface area contributed by atoms with Gasteiger partial charge in [0.25, 0.3) is 5.91 Å². The summed E-state index contributed by atoms with van der Waals surface area (Å²) in [4.78, 5) is 21.6. The van der Waals surface area contributed by atoms with Crippen molar-refractivity contribution in [2.45, 2.75) is 26.7 Å². The van der Waals surface area contributed by atoms with Crippen LogP contribution < -0.4 is 10.8 Å². The third kappa shape index (κ3) is 3.94. The minimum atomic E-state index is -1.17. The lowest BCUT2D eigenvalue weighted by Gasteiger charge is -2.16. The highest BCUT2D eigenvalue weighted by atomic mass is 35.5. The number of hydrogen-bond acceptors (Lipinski definition) is 4. The standard InChI is InChI=1S/C18H18ClF2N3O2/c1-9-14(7-22-10(2)15(9)19)23-17-12(5-6-13(20)16(17)21)18(25)24-26-8-11-3-4-11/h5-7,11,23H,3-4,8H2,1-2H3,(H,24,25). The molecule has 0 aliphatic heterocycles. The van der Waals surface area contributed by atoms with Gasteiger partial charge >= 0.3 is 0 Å². The molecule has 138 valence electrons. The zero-order valence-electron chi connectivity index (χ0n) is 14.3. The fourth-order valence-corrected chi connectivity index (χ4v) is 2.54. The van der Waals surface area contributed by atoms with Gasteiger partial charge in [0.15, 0.2) is 11.6 Å². The number of benzene rings is 1. The molecule has 3 rings (SSSR count). The van der Waals surface area contributed by atoms with Crippen molar-refractivity contribution in [1.29, 1.82) is 0 Å². The molecule has 1 aromatic carbocycles. The summed E-state index contributed by atoms with van der Waals surface area (Å²) < 4.78 is 28.1. The molecule has 1 fully saturated rings. The quantitative estimate of drug-likeness (QED) is 0.726. The fourth-order valence-electron chi connectivity index (χ4n) is 2.39. The Hall–Kier alpha value is -2.25. The number of carbonyl (C=O) groups excluding carboxylic acids is 1. The third-order valence-corrected chi connectivity index (χ3v) is 4.78. The molecule has 1 heterocycles. The smallest absolute Gasteiger partial charge is 0.277 e. The van der Waals surface area contributed by atoms with Crippen LogP contribution in [0.1, 0.15) is 34.5 Å². The van der Waals surface area contributed by atoms with Crippen molar-refractivity contribution in [2.75, 3.05) is 11.9 Å². The van der Waals surface area contributed by atoms with Crippen LogP contribution in [0.5, 0.6) is 0 Å². The Morgan fingerprint density at radius 3 is 2.77 bits per heavy atom. The van der Waals surface area contributed by atoms with Gasteiger partial charge in [0.1, 0.15) is 0 Å². The first kappa shape index (κ1) is 18.5. The molecule has 1 aromatic heterocycles. The summed E-state index contributed by atoms with van der Waals surface area (Å²) in [6, 6.07) is 2.08. The number of pyridine rings is 1. The van der Waals surface area contributed by atoms with Gasteiger partial charge in [-0.2, -0.15) is 0 Å². The summed E-state index contributed by atoms with van der Waals surface area (Å²) in [6.07, 6.45) is 3.58. The highest BCUT2D eigenvalue weighted by molar-refractivity contribution is 6.32. The van der Waals surface area contributed by atoms with Crippen molar-refractivity contribution in [3.63, 3.8) is 0 Å². The Morgan fingerprint density at radius 2 is 2.08 bits per heavy atom. The summed E-state index contributed by atoms with van der Waals surface area (Å²) >= 11 is 6.16. The molecule has 2 N–H and O–H groups in total. The van der Waals surface area contributed by atoms with Crippen LogP contribution in [0.4, 0.5) is 20.2 Å². The van der Waals surface area contributed by atoms with E-state index in [1.807, 2.05) is 0 Å². The molecule has 1 saturated carbocycles. The van der Waals surface area contributed by atoms with Gasteiger partial charge in [-0.15, -0.1) is 0 Å². The first-order valence-electron chi connectivity index (χ1n) is 8.17. The highest BCUT2D eigenvalue weighted by Crippen LogP contribution is 2.31. The molecule has 1 aliphatic rings. The Bertz CT molecular complexity index is 857. The topological polar surface area (TPSA) is 63.2 Å². The maximum atomic E-state index is 14.4. The second-order valence-electron chi connectivity index (χ2n) is 6.29. The van der Waals surface area contributed by atoms with Crippen molar-refractivity contribution < 1.29 is 18.4 Å². The van der Waals surface area contributed by atoms with Crippen LogP contribution in [0.2, 0.25) is 5.02 Å². The molecule has 26 heavy (non-hydrogen) atoms. The maximum Gasteiger partial charge on any atom is 0.277 e. The van der Waals surface area contributed by atoms with Gasteiger partial charge in [0.05, 0.1) is 40.5 Å². The summed E-state index contributed by atoms with van der Waals surface area (Å²) in [6.45, 7) is 3.85. The number of nitrogens with zero attached hydrogens (tertiary/aromatic N) is 1. The Balaban J connectivity index is 1.88. The van der Waals surface area contributed by atoms with E-state index in [9.17, 15) is 13.6 Å². The molecule has 0 atom stereocenters. The van der Waals surface area contributed by atoms with E-state index >= 15 is 0 Å². The van der Waals surface area contributed by atoms with Crippen molar-refractivity contribution in [2.24, 2.45) is 5.92 Å². The van der Waals surface area contributed by atoms with Crippen LogP contribution >= 0.6 is 11.6 Å². The summed E-state index contributed by atoms with van der Waals surface area (Å²) in [5, 5.41) is 3.14. The fraction of sp³-hybridized carbons (Fsp3) is 0.333. The number of carbonyl (C=O) groups is 1. The van der Waals surface area contributed by atoms with Gasteiger partial charge in [0.2, 0.25) is 0 Å². The molecule has 1 amide bonds. The molecule has 0 bridgehead atoms. The van der Waals surface area contributed by atoms with Crippen LogP contribution in [0.25, 0.3) is 0 Å². The van der Waals surface area contributed by atoms with E-state index < -0.39 is 17.5 Å². The number of anilines is 2. The lowest BCUT2D eigenvalue weighted by molar-refractivity contribution is 0.0270. The number of aromatic nitrogens is 1. The predicted molar refractivity (Wildman–Crippen MR) is 94.5 cm³/mol. The monoisotopic (exact) mass is 381 g/mol. The number of amides is 1. The molecule has 1 aliphatic carbocycles. The maximum absolute atomic E-state index is 14.4. The van der Waals surface area contributed by atoms with Crippen LogP contribution in [-0.2, 0) is 4.84 Å². The summed E-state index contributed by atoms with van der Waals surface area (Å²) in [5.74, 6) is -2.47. The number of rotatable bonds is 6. The molecule has 0 radical (unpaired) electrons. The number of hydroxylamine groups is 1. The van der Waals surface area contributed by atoms with Gasteiger partial charge in [-0.1, -0.05) is 11.6 Å². The molecular weight excluding hydrogens is 364 g/mol. The van der Waals surface area contributed by atoms with Gasteiger partial charge in [-0.05, 0) is 50.3 Å². The number of nitrogens with one attached hydrogen (secondary N) is 2. The van der Waals surface area contributed by atoms with Crippen LogP contribution in [0, 0.1) is 31.4 Å². The van der Waals surface area contributed by atoms with Crippen LogP contribution in [-0.4, -0.2) is 17.5 Å². The first-order valence-corrected chi connectivity index (χ1v) is 8.55. The van der Waals surface area contributed by atoms with Gasteiger partial charge in [-0.25, -0.2) is 14.3 Å². The van der Waals surface area contributed by atoms with Gasteiger partial charge in [-0.3, -0.25) is 14.6 Å². The number of hydrogen-bond donors (Lipinski definition) is 2. The number of aryl methyl sites for hydroxylation is 1. The lowest BCUT2D eigenvalue weighted by Crippen LogP contribution is -2.26. The van der Waals surface area contributed by atoms with Crippen molar-refractivity contribution in [3.05, 3.63) is 51.8 Å². The predicted octanol–water partition coefficient (Wildman–Crippen LogP) is 4.45. The van der Waals surface area contributed by atoms with Gasteiger partial charge in [0, 0.05) is 0 Å². The molecule has 2 aromatic rings.